The smallest absolute Gasteiger partial charge is 0.281 e. The normalized spacial score (nSPS) is 10.6. The molecule has 0 aliphatic rings. The predicted molar refractivity (Wildman–Crippen MR) is 95.4 cm³/mol. The van der Waals surface area contributed by atoms with Crippen LogP contribution in [0.25, 0.3) is 10.6 Å². The molecule has 1 aromatic carbocycles. The molecule has 0 bridgehead atoms. The maximum Gasteiger partial charge on any atom is 0.281 e. The summed E-state index contributed by atoms with van der Waals surface area (Å²) in [5.74, 6) is -0.191. The molecule has 0 spiro atoms. The highest BCUT2D eigenvalue weighted by atomic mass is 32.1. The highest BCUT2D eigenvalue weighted by Gasteiger charge is 2.18. The van der Waals surface area contributed by atoms with Gasteiger partial charge in [0.15, 0.2) is 0 Å². The second-order valence-electron chi connectivity index (χ2n) is 5.68. The molecule has 6 nitrogen and oxygen atoms in total. The van der Waals surface area contributed by atoms with Gasteiger partial charge in [0, 0.05) is 5.56 Å². The van der Waals surface area contributed by atoms with Gasteiger partial charge in [-0.25, -0.2) is 9.37 Å². The number of thiazole rings is 1. The summed E-state index contributed by atoms with van der Waals surface area (Å²) >= 11 is 1.17. The van der Waals surface area contributed by atoms with E-state index >= 15 is 0 Å². The van der Waals surface area contributed by atoms with Crippen molar-refractivity contribution in [2.75, 3.05) is 0 Å². The zero-order chi connectivity index (χ0) is 18.8. The van der Waals surface area contributed by atoms with Gasteiger partial charge < -0.3 is 4.42 Å². The Morgan fingerprint density at radius 1 is 1.08 bits per heavy atom. The van der Waals surface area contributed by atoms with Crippen molar-refractivity contribution in [3.63, 3.8) is 0 Å². The van der Waals surface area contributed by atoms with Crippen LogP contribution in [0.4, 0.5) is 4.39 Å². The molecule has 3 rings (SSSR count). The Morgan fingerprint density at radius 2 is 1.73 bits per heavy atom. The molecule has 0 atom stereocenters. The highest BCUT2D eigenvalue weighted by Crippen LogP contribution is 2.27. The molecule has 3 aromatic rings. The van der Waals surface area contributed by atoms with Crippen LogP contribution in [0.1, 0.15) is 37.2 Å². The van der Waals surface area contributed by atoms with Crippen molar-refractivity contribution in [1.29, 1.82) is 0 Å². The third kappa shape index (κ3) is 3.65. The van der Waals surface area contributed by atoms with E-state index in [4.69, 9.17) is 4.42 Å². The number of benzene rings is 1. The molecular weight excluding hydrogens is 357 g/mol. The molecule has 2 heterocycles. The van der Waals surface area contributed by atoms with E-state index < -0.39 is 11.8 Å². The van der Waals surface area contributed by atoms with E-state index in [0.717, 1.165) is 0 Å². The molecule has 2 N–H and O–H groups in total. The van der Waals surface area contributed by atoms with Crippen molar-refractivity contribution in [1.82, 2.24) is 15.8 Å². The Bertz CT molecular complexity index is 976. The number of hydrazine groups is 1. The van der Waals surface area contributed by atoms with Crippen molar-refractivity contribution in [3.8, 4) is 10.6 Å². The molecule has 2 aromatic heterocycles. The molecule has 26 heavy (non-hydrogen) atoms. The minimum absolute atomic E-state index is 0.340. The average Bonchev–Trinajstić information content (AvgIpc) is 3.15. The van der Waals surface area contributed by atoms with Crippen LogP contribution < -0.4 is 10.9 Å². The van der Waals surface area contributed by atoms with Crippen molar-refractivity contribution >= 4 is 23.2 Å². The maximum atomic E-state index is 13.0. The van der Waals surface area contributed by atoms with Crippen LogP contribution >= 0.6 is 11.3 Å². The summed E-state index contributed by atoms with van der Waals surface area (Å²) < 4.78 is 18.3. The summed E-state index contributed by atoms with van der Waals surface area (Å²) in [6.07, 6.45) is 0. The van der Waals surface area contributed by atoms with Gasteiger partial charge in [0.2, 0.25) is 0 Å². The Balaban J connectivity index is 1.71. The van der Waals surface area contributed by atoms with Gasteiger partial charge in [0.05, 0.1) is 11.3 Å². The molecular formula is C18H16FN3O3S. The van der Waals surface area contributed by atoms with Crippen LogP contribution in [0.2, 0.25) is 0 Å². The Labute approximate surface area is 153 Å². The molecule has 0 unspecified atom stereocenters. The average molecular weight is 373 g/mol. The maximum absolute atomic E-state index is 13.0. The van der Waals surface area contributed by atoms with Crippen LogP contribution in [0.5, 0.6) is 0 Å². The van der Waals surface area contributed by atoms with Crippen LogP contribution in [0, 0.1) is 26.6 Å². The largest absolute Gasteiger partial charge is 0.466 e. The van der Waals surface area contributed by atoms with E-state index in [1.165, 1.54) is 23.5 Å². The third-order valence-corrected chi connectivity index (χ3v) is 4.87. The van der Waals surface area contributed by atoms with Crippen LogP contribution in [0.15, 0.2) is 34.7 Å². The molecule has 2 amide bonds. The number of hydrogen-bond donors (Lipinski definition) is 2. The number of halogens is 1. The quantitative estimate of drug-likeness (QED) is 0.688. The molecule has 0 aliphatic heterocycles. The molecule has 0 fully saturated rings. The SMILES string of the molecule is Cc1cc(C(=O)NNC(=O)c2sc(-c3ccc(F)cc3)nc2C)c(C)o1. The van der Waals surface area contributed by atoms with Crippen LogP contribution in [-0.4, -0.2) is 16.8 Å². The van der Waals surface area contributed by atoms with Gasteiger partial charge >= 0.3 is 0 Å². The molecule has 134 valence electrons. The van der Waals surface area contributed by atoms with Gasteiger partial charge in [-0.05, 0) is 51.1 Å². The number of carbonyl (C=O) groups is 2. The molecule has 0 radical (unpaired) electrons. The summed E-state index contributed by atoms with van der Waals surface area (Å²) in [5, 5.41) is 0.597. The van der Waals surface area contributed by atoms with E-state index in [1.54, 1.807) is 39.0 Å². The monoisotopic (exact) mass is 373 g/mol. The first-order chi connectivity index (χ1) is 12.3. The van der Waals surface area contributed by atoms with E-state index in [1.807, 2.05) is 0 Å². The van der Waals surface area contributed by atoms with Crippen molar-refractivity contribution in [2.45, 2.75) is 20.8 Å². The van der Waals surface area contributed by atoms with E-state index in [9.17, 15) is 14.0 Å². The summed E-state index contributed by atoms with van der Waals surface area (Å²) in [6.45, 7) is 5.11. The number of nitrogens with one attached hydrogen (secondary N) is 2. The van der Waals surface area contributed by atoms with E-state index in [-0.39, 0.29) is 5.82 Å². The zero-order valence-corrected chi connectivity index (χ0v) is 15.2. The van der Waals surface area contributed by atoms with Crippen molar-refractivity contribution in [2.24, 2.45) is 0 Å². The first-order valence-electron chi connectivity index (χ1n) is 7.76. The van der Waals surface area contributed by atoms with Gasteiger partial charge in [-0.1, -0.05) is 0 Å². The summed E-state index contributed by atoms with van der Waals surface area (Å²) in [7, 11) is 0. The van der Waals surface area contributed by atoms with Gasteiger partial charge in [0.1, 0.15) is 27.2 Å². The van der Waals surface area contributed by atoms with Crippen LogP contribution in [-0.2, 0) is 0 Å². The van der Waals surface area contributed by atoms with E-state index in [2.05, 4.69) is 15.8 Å². The highest BCUT2D eigenvalue weighted by molar-refractivity contribution is 7.17. The predicted octanol–water partition coefficient (Wildman–Crippen LogP) is 3.54. The molecule has 0 saturated carbocycles. The lowest BCUT2D eigenvalue weighted by Crippen LogP contribution is -2.41. The Morgan fingerprint density at radius 3 is 2.35 bits per heavy atom. The zero-order valence-electron chi connectivity index (χ0n) is 14.3. The molecule has 8 heteroatoms. The van der Waals surface area contributed by atoms with Crippen LogP contribution in [0.3, 0.4) is 0 Å². The summed E-state index contributed by atoms with van der Waals surface area (Å²) in [5.41, 5.74) is 6.34. The topological polar surface area (TPSA) is 84.2 Å². The lowest BCUT2D eigenvalue weighted by molar-refractivity contribution is 0.0847. The fourth-order valence-corrected chi connectivity index (χ4v) is 3.38. The van der Waals surface area contributed by atoms with Gasteiger partial charge in [-0.2, -0.15) is 0 Å². The number of nitrogens with zero attached hydrogens (tertiary/aromatic N) is 1. The number of hydrogen-bond acceptors (Lipinski definition) is 5. The Hall–Kier alpha value is -3.00. The lowest BCUT2D eigenvalue weighted by atomic mass is 10.2. The minimum atomic E-state index is -0.473. The second kappa shape index (κ2) is 7.09. The summed E-state index contributed by atoms with van der Waals surface area (Å²) in [4.78, 5) is 29.2. The number of amides is 2. The lowest BCUT2D eigenvalue weighted by Gasteiger charge is -2.05. The second-order valence-corrected chi connectivity index (χ2v) is 6.67. The van der Waals surface area contributed by atoms with Crippen molar-refractivity contribution < 1.29 is 18.4 Å². The fourth-order valence-electron chi connectivity index (χ4n) is 2.42. The molecule has 0 aliphatic carbocycles. The number of furan rings is 1. The Kier molecular flexibility index (Phi) is 4.85. The van der Waals surface area contributed by atoms with Gasteiger partial charge in [-0.3, -0.25) is 20.4 Å². The third-order valence-electron chi connectivity index (χ3n) is 3.67. The fraction of sp³-hybridized carbons (Fsp3) is 0.167. The van der Waals surface area contributed by atoms with E-state index in [0.29, 0.717) is 38.2 Å². The minimum Gasteiger partial charge on any atom is -0.466 e. The number of aryl methyl sites for hydroxylation is 3. The standard InChI is InChI=1S/C18H16FN3O3S/c1-9-8-14(11(3)25-9)16(23)21-22-17(24)15-10(2)20-18(26-15)12-4-6-13(19)7-5-12/h4-8H,1-3H3,(H,21,23)(H,22,24). The summed E-state index contributed by atoms with van der Waals surface area (Å²) in [6, 6.07) is 7.46. The number of aromatic nitrogens is 1. The molecule has 0 saturated heterocycles. The first-order valence-corrected chi connectivity index (χ1v) is 8.58. The van der Waals surface area contributed by atoms with Crippen molar-refractivity contribution in [3.05, 3.63) is 63.8 Å². The number of carbonyl (C=O) groups excluding carboxylic acids is 2. The van der Waals surface area contributed by atoms with Gasteiger partial charge in [0.25, 0.3) is 11.8 Å². The number of rotatable bonds is 3. The first kappa shape index (κ1) is 17.8. The van der Waals surface area contributed by atoms with Gasteiger partial charge in [-0.15, -0.1) is 11.3 Å².